The number of ether oxygens (including phenoxy) is 1. The number of carbonyl (C=O) groups is 1. The summed E-state index contributed by atoms with van der Waals surface area (Å²) in [6.07, 6.45) is 2.42. The maximum Gasteiger partial charge on any atom is 0.162 e. The Balaban J connectivity index is 0.00000200. The zero-order valence-corrected chi connectivity index (χ0v) is 12.5. The molecule has 0 aromatic heterocycles. The standard InChI is InChI=1S/C15H21NO3.ClH/c1-2-15(18)11-3-7-14(8-4-11)19-10-13(17)9-16-12-5-6-12;/h3-4,7-8,12-13,16-17H,2,5-6,9-10H2,1H3;1H. The second-order valence-electron chi connectivity index (χ2n) is 4.95. The van der Waals surface area contributed by atoms with Crippen molar-refractivity contribution in [2.24, 2.45) is 0 Å². The molecule has 1 saturated carbocycles. The molecular formula is C15H22ClNO3. The summed E-state index contributed by atoms with van der Waals surface area (Å²) in [7, 11) is 0. The second-order valence-corrected chi connectivity index (χ2v) is 4.95. The third kappa shape index (κ3) is 5.49. The van der Waals surface area contributed by atoms with Crippen LogP contribution in [0.15, 0.2) is 24.3 Å². The van der Waals surface area contributed by atoms with Crippen LogP contribution in [0.25, 0.3) is 0 Å². The summed E-state index contributed by atoms with van der Waals surface area (Å²) in [5, 5.41) is 13.0. The predicted octanol–water partition coefficient (Wildman–Crippen LogP) is 2.19. The van der Waals surface area contributed by atoms with E-state index in [4.69, 9.17) is 4.74 Å². The van der Waals surface area contributed by atoms with Crippen LogP contribution in [0.1, 0.15) is 36.5 Å². The van der Waals surface area contributed by atoms with Crippen molar-refractivity contribution in [3.05, 3.63) is 29.8 Å². The first kappa shape index (κ1) is 17.0. The van der Waals surface area contributed by atoms with Crippen molar-refractivity contribution < 1.29 is 14.6 Å². The van der Waals surface area contributed by atoms with Crippen LogP contribution < -0.4 is 10.1 Å². The smallest absolute Gasteiger partial charge is 0.162 e. The van der Waals surface area contributed by atoms with Gasteiger partial charge in [-0.3, -0.25) is 4.79 Å². The van der Waals surface area contributed by atoms with Crippen LogP contribution in [0.4, 0.5) is 0 Å². The molecule has 4 nitrogen and oxygen atoms in total. The molecule has 1 atom stereocenters. The quantitative estimate of drug-likeness (QED) is 0.723. The maximum atomic E-state index is 11.5. The normalized spacial score (nSPS) is 15.3. The Bertz CT molecular complexity index is 418. The molecule has 20 heavy (non-hydrogen) atoms. The van der Waals surface area contributed by atoms with Crippen LogP contribution in [-0.4, -0.2) is 36.2 Å². The molecule has 0 heterocycles. The highest BCUT2D eigenvalue weighted by molar-refractivity contribution is 5.95. The van der Waals surface area contributed by atoms with Crippen molar-refractivity contribution >= 4 is 18.2 Å². The summed E-state index contributed by atoms with van der Waals surface area (Å²) in [6.45, 7) is 2.67. The molecule has 1 aromatic rings. The van der Waals surface area contributed by atoms with Gasteiger partial charge < -0.3 is 15.2 Å². The van der Waals surface area contributed by atoms with E-state index in [-0.39, 0.29) is 24.8 Å². The molecule has 1 aliphatic rings. The second kappa shape index (κ2) is 8.25. The Hall–Kier alpha value is -1.10. The minimum absolute atomic E-state index is 0. The van der Waals surface area contributed by atoms with Gasteiger partial charge in [0.15, 0.2) is 5.78 Å². The number of benzene rings is 1. The molecule has 1 fully saturated rings. The van der Waals surface area contributed by atoms with Crippen LogP contribution in [0, 0.1) is 0 Å². The molecule has 5 heteroatoms. The minimum atomic E-state index is -0.502. The van der Waals surface area contributed by atoms with Crippen LogP contribution >= 0.6 is 12.4 Å². The van der Waals surface area contributed by atoms with Crippen LogP contribution in [0.2, 0.25) is 0 Å². The van der Waals surface area contributed by atoms with Crippen LogP contribution in [0.5, 0.6) is 5.75 Å². The molecule has 2 rings (SSSR count). The van der Waals surface area contributed by atoms with E-state index < -0.39 is 6.10 Å². The number of aliphatic hydroxyl groups excluding tert-OH is 1. The summed E-state index contributed by atoms with van der Waals surface area (Å²) >= 11 is 0. The van der Waals surface area contributed by atoms with Crippen molar-refractivity contribution in [3.63, 3.8) is 0 Å². The number of hydrogen-bond donors (Lipinski definition) is 2. The number of halogens is 1. The summed E-state index contributed by atoms with van der Waals surface area (Å²) in [5.41, 5.74) is 0.700. The topological polar surface area (TPSA) is 58.6 Å². The van der Waals surface area contributed by atoms with E-state index in [2.05, 4.69) is 5.32 Å². The summed E-state index contributed by atoms with van der Waals surface area (Å²) in [5.74, 6) is 0.804. The highest BCUT2D eigenvalue weighted by atomic mass is 35.5. The largest absolute Gasteiger partial charge is 0.491 e. The third-order valence-corrected chi connectivity index (χ3v) is 3.16. The number of ketones is 1. The Kier molecular flexibility index (Phi) is 6.99. The van der Waals surface area contributed by atoms with E-state index in [1.165, 1.54) is 12.8 Å². The van der Waals surface area contributed by atoms with Crippen molar-refractivity contribution in [1.29, 1.82) is 0 Å². The third-order valence-electron chi connectivity index (χ3n) is 3.16. The minimum Gasteiger partial charge on any atom is -0.491 e. The average Bonchev–Trinajstić information content (AvgIpc) is 3.26. The van der Waals surface area contributed by atoms with Gasteiger partial charge in [0.2, 0.25) is 0 Å². The van der Waals surface area contributed by atoms with E-state index in [1.54, 1.807) is 24.3 Å². The van der Waals surface area contributed by atoms with Crippen LogP contribution in [0.3, 0.4) is 0 Å². The van der Waals surface area contributed by atoms with Crippen LogP contribution in [-0.2, 0) is 0 Å². The van der Waals surface area contributed by atoms with Crippen molar-refractivity contribution in [2.75, 3.05) is 13.2 Å². The van der Waals surface area contributed by atoms with Crippen molar-refractivity contribution in [2.45, 2.75) is 38.3 Å². The molecule has 0 spiro atoms. The van der Waals surface area contributed by atoms with Gasteiger partial charge in [0.25, 0.3) is 0 Å². The van der Waals surface area contributed by atoms with Crippen molar-refractivity contribution in [3.8, 4) is 5.75 Å². The number of rotatable bonds is 8. The lowest BCUT2D eigenvalue weighted by Crippen LogP contribution is -2.32. The number of nitrogens with one attached hydrogen (secondary N) is 1. The molecule has 1 unspecified atom stereocenters. The molecule has 1 aromatic carbocycles. The van der Waals surface area contributed by atoms with Gasteiger partial charge in [-0.2, -0.15) is 0 Å². The molecule has 0 saturated heterocycles. The molecule has 0 bridgehead atoms. The first-order valence-corrected chi connectivity index (χ1v) is 6.86. The average molecular weight is 300 g/mol. The molecule has 112 valence electrons. The van der Waals surface area contributed by atoms with E-state index in [0.717, 1.165) is 0 Å². The van der Waals surface area contributed by atoms with Gasteiger partial charge in [0.05, 0.1) is 0 Å². The molecule has 2 N–H and O–H groups in total. The number of Topliss-reactive ketones (excluding diaryl/α,β-unsaturated/α-hetero) is 1. The van der Waals surface area contributed by atoms with Gasteiger partial charge >= 0.3 is 0 Å². The predicted molar refractivity (Wildman–Crippen MR) is 80.8 cm³/mol. The monoisotopic (exact) mass is 299 g/mol. The van der Waals surface area contributed by atoms with E-state index in [0.29, 0.717) is 30.3 Å². The highest BCUT2D eigenvalue weighted by Gasteiger charge is 2.21. The molecular weight excluding hydrogens is 278 g/mol. The summed E-state index contributed by atoms with van der Waals surface area (Å²) in [6, 6.07) is 7.65. The number of carbonyl (C=O) groups excluding carboxylic acids is 1. The van der Waals surface area contributed by atoms with E-state index in [1.807, 2.05) is 6.92 Å². The first-order valence-electron chi connectivity index (χ1n) is 6.86. The lowest BCUT2D eigenvalue weighted by atomic mass is 10.1. The van der Waals surface area contributed by atoms with Gasteiger partial charge in [-0.15, -0.1) is 12.4 Å². The zero-order chi connectivity index (χ0) is 13.7. The summed E-state index contributed by atoms with van der Waals surface area (Å²) in [4.78, 5) is 11.5. The Morgan fingerprint density at radius 1 is 1.40 bits per heavy atom. The highest BCUT2D eigenvalue weighted by Crippen LogP contribution is 2.18. The molecule has 0 radical (unpaired) electrons. The van der Waals surface area contributed by atoms with Gasteiger partial charge in [-0.1, -0.05) is 6.92 Å². The number of aliphatic hydroxyl groups is 1. The number of hydrogen-bond acceptors (Lipinski definition) is 4. The van der Waals surface area contributed by atoms with Crippen molar-refractivity contribution in [1.82, 2.24) is 5.32 Å². The molecule has 0 amide bonds. The van der Waals surface area contributed by atoms with Gasteiger partial charge in [0, 0.05) is 24.6 Å². The van der Waals surface area contributed by atoms with Gasteiger partial charge in [-0.05, 0) is 37.1 Å². The Labute approximate surface area is 125 Å². The summed E-state index contributed by atoms with van der Waals surface area (Å²) < 4.78 is 5.49. The van der Waals surface area contributed by atoms with E-state index in [9.17, 15) is 9.90 Å². The first-order chi connectivity index (χ1) is 9.19. The maximum absolute atomic E-state index is 11.5. The fourth-order valence-corrected chi connectivity index (χ4v) is 1.78. The van der Waals surface area contributed by atoms with Gasteiger partial charge in [0.1, 0.15) is 18.5 Å². The van der Waals surface area contributed by atoms with Gasteiger partial charge in [-0.25, -0.2) is 0 Å². The SMILES string of the molecule is CCC(=O)c1ccc(OCC(O)CNC2CC2)cc1.Cl. The van der Waals surface area contributed by atoms with E-state index >= 15 is 0 Å². The fraction of sp³-hybridized carbons (Fsp3) is 0.533. The lowest BCUT2D eigenvalue weighted by Gasteiger charge is -2.13. The fourth-order valence-electron chi connectivity index (χ4n) is 1.78. The Morgan fingerprint density at radius 2 is 2.05 bits per heavy atom. The molecule has 1 aliphatic carbocycles. The lowest BCUT2D eigenvalue weighted by molar-refractivity contribution is 0.0986. The zero-order valence-electron chi connectivity index (χ0n) is 11.7. The Morgan fingerprint density at radius 3 is 2.60 bits per heavy atom. The molecule has 0 aliphatic heterocycles.